The Kier molecular flexibility index (Phi) is 4.62. The summed E-state index contributed by atoms with van der Waals surface area (Å²) < 4.78 is 26.7. The van der Waals surface area contributed by atoms with Gasteiger partial charge in [0.25, 0.3) is 0 Å². The van der Waals surface area contributed by atoms with Crippen molar-refractivity contribution in [1.82, 2.24) is 0 Å². The van der Waals surface area contributed by atoms with Crippen molar-refractivity contribution in [2.75, 3.05) is 28.4 Å². The molecule has 0 atom stereocenters. The molecule has 1 aromatic heterocycles. The molecule has 1 heterocycles. The predicted octanol–water partition coefficient (Wildman–Crippen LogP) is 3.20. The molecule has 26 heavy (non-hydrogen) atoms. The lowest BCUT2D eigenvalue weighted by atomic mass is 10.1. The van der Waals surface area contributed by atoms with Crippen LogP contribution in [0.5, 0.6) is 28.7 Å². The van der Waals surface area contributed by atoms with Gasteiger partial charge in [0.2, 0.25) is 16.9 Å². The quantitative estimate of drug-likeness (QED) is 0.749. The van der Waals surface area contributed by atoms with Crippen molar-refractivity contribution in [1.29, 1.82) is 0 Å². The number of phenolic OH excluding ortho intramolecular Hbond substituents is 1. The molecule has 0 fully saturated rings. The summed E-state index contributed by atoms with van der Waals surface area (Å²) in [5, 5.41) is 10.3. The smallest absolute Gasteiger partial charge is 0.239 e. The van der Waals surface area contributed by atoms with E-state index in [2.05, 4.69) is 0 Å². The van der Waals surface area contributed by atoms with Crippen LogP contribution < -0.4 is 24.4 Å². The van der Waals surface area contributed by atoms with E-state index in [0.29, 0.717) is 11.3 Å². The monoisotopic (exact) mass is 358 g/mol. The van der Waals surface area contributed by atoms with Crippen molar-refractivity contribution in [2.24, 2.45) is 0 Å². The third-order valence-corrected chi connectivity index (χ3v) is 4.02. The van der Waals surface area contributed by atoms with Crippen LogP contribution in [0.3, 0.4) is 0 Å². The van der Waals surface area contributed by atoms with Crippen molar-refractivity contribution in [3.8, 4) is 40.1 Å². The minimum absolute atomic E-state index is 0.00512. The zero-order chi connectivity index (χ0) is 18.8. The summed E-state index contributed by atoms with van der Waals surface area (Å²) in [7, 11) is 5.68. The van der Waals surface area contributed by atoms with Gasteiger partial charge in [-0.2, -0.15) is 0 Å². The summed E-state index contributed by atoms with van der Waals surface area (Å²) in [6.45, 7) is 0. The summed E-state index contributed by atoms with van der Waals surface area (Å²) in [6.07, 6.45) is 0. The normalized spacial score (nSPS) is 10.6. The van der Waals surface area contributed by atoms with E-state index in [-0.39, 0.29) is 39.7 Å². The first-order valence-corrected chi connectivity index (χ1v) is 7.68. The molecule has 0 aliphatic heterocycles. The molecule has 3 rings (SSSR count). The highest BCUT2D eigenvalue weighted by molar-refractivity contribution is 5.91. The number of ether oxygens (including phenoxy) is 4. The van der Waals surface area contributed by atoms with Gasteiger partial charge in [-0.1, -0.05) is 0 Å². The standard InChI is InChI=1S/C19H18O7/c1-22-11-7-5-10(6-8-11)17-19(25-4)16(21)14-12(26-17)9-13(23-2)15(20)18(14)24-3/h5-9,20H,1-4H3. The molecule has 0 saturated heterocycles. The van der Waals surface area contributed by atoms with Crippen LogP contribution in [-0.2, 0) is 0 Å². The van der Waals surface area contributed by atoms with Gasteiger partial charge in [0.05, 0.1) is 28.4 Å². The molecule has 1 N–H and O–H groups in total. The van der Waals surface area contributed by atoms with Crippen molar-refractivity contribution >= 4 is 11.0 Å². The van der Waals surface area contributed by atoms with Gasteiger partial charge in [0.15, 0.2) is 17.3 Å². The summed E-state index contributed by atoms with van der Waals surface area (Å²) in [5.74, 6) is 0.738. The topological polar surface area (TPSA) is 87.4 Å². The average molecular weight is 358 g/mol. The molecule has 0 aliphatic rings. The highest BCUT2D eigenvalue weighted by Crippen LogP contribution is 2.43. The molecule has 0 spiro atoms. The molecule has 0 amide bonds. The first kappa shape index (κ1) is 17.5. The third kappa shape index (κ3) is 2.67. The second-order valence-corrected chi connectivity index (χ2v) is 5.36. The number of benzene rings is 2. The fraction of sp³-hybridized carbons (Fsp3) is 0.211. The zero-order valence-electron chi connectivity index (χ0n) is 14.8. The fourth-order valence-corrected chi connectivity index (χ4v) is 2.74. The van der Waals surface area contributed by atoms with Gasteiger partial charge in [-0.3, -0.25) is 4.79 Å². The Balaban J connectivity index is 2.37. The average Bonchev–Trinajstić information content (AvgIpc) is 2.67. The minimum Gasteiger partial charge on any atom is -0.502 e. The van der Waals surface area contributed by atoms with Crippen molar-refractivity contribution in [2.45, 2.75) is 0 Å². The Bertz CT molecular complexity index is 1000. The van der Waals surface area contributed by atoms with E-state index in [0.717, 1.165) is 0 Å². The van der Waals surface area contributed by atoms with Crippen LogP contribution in [0.1, 0.15) is 0 Å². The fourth-order valence-electron chi connectivity index (χ4n) is 2.74. The number of phenols is 1. The Labute approximate surface area is 149 Å². The molecule has 7 nitrogen and oxygen atoms in total. The van der Waals surface area contributed by atoms with Gasteiger partial charge in [0, 0.05) is 11.6 Å². The van der Waals surface area contributed by atoms with Gasteiger partial charge in [-0.15, -0.1) is 0 Å². The van der Waals surface area contributed by atoms with E-state index in [1.807, 2.05) is 0 Å². The molecular formula is C19H18O7. The van der Waals surface area contributed by atoms with Crippen molar-refractivity contribution in [3.63, 3.8) is 0 Å². The summed E-state index contributed by atoms with van der Waals surface area (Å²) in [4.78, 5) is 13.0. The van der Waals surface area contributed by atoms with E-state index in [9.17, 15) is 9.90 Å². The Morgan fingerprint density at radius 2 is 1.54 bits per heavy atom. The van der Waals surface area contributed by atoms with E-state index in [4.69, 9.17) is 23.4 Å². The molecule has 0 radical (unpaired) electrons. The van der Waals surface area contributed by atoms with Crippen LogP contribution in [0, 0.1) is 0 Å². The maximum atomic E-state index is 13.0. The van der Waals surface area contributed by atoms with Gasteiger partial charge >= 0.3 is 0 Å². The van der Waals surface area contributed by atoms with Gasteiger partial charge in [0.1, 0.15) is 16.7 Å². The number of aromatic hydroxyl groups is 1. The second-order valence-electron chi connectivity index (χ2n) is 5.36. The molecular weight excluding hydrogens is 340 g/mol. The molecule has 0 bridgehead atoms. The number of hydrogen-bond donors (Lipinski definition) is 1. The first-order valence-electron chi connectivity index (χ1n) is 7.68. The van der Waals surface area contributed by atoms with E-state index >= 15 is 0 Å². The summed E-state index contributed by atoms with van der Waals surface area (Å²) in [5.41, 5.74) is 0.371. The Hall–Kier alpha value is -3.35. The van der Waals surface area contributed by atoms with Crippen LogP contribution in [0.25, 0.3) is 22.3 Å². The summed E-state index contributed by atoms with van der Waals surface area (Å²) >= 11 is 0. The maximum absolute atomic E-state index is 13.0. The molecule has 7 heteroatoms. The first-order chi connectivity index (χ1) is 12.5. The van der Waals surface area contributed by atoms with Crippen molar-refractivity contribution < 1.29 is 28.5 Å². The lowest BCUT2D eigenvalue weighted by Crippen LogP contribution is -2.09. The molecule has 3 aromatic rings. The number of rotatable bonds is 5. The lowest BCUT2D eigenvalue weighted by Gasteiger charge is -2.14. The van der Waals surface area contributed by atoms with Gasteiger partial charge in [-0.05, 0) is 24.3 Å². The van der Waals surface area contributed by atoms with Crippen LogP contribution in [-0.4, -0.2) is 33.5 Å². The largest absolute Gasteiger partial charge is 0.502 e. The summed E-state index contributed by atoms with van der Waals surface area (Å²) in [6, 6.07) is 8.43. The van der Waals surface area contributed by atoms with Crippen LogP contribution >= 0.6 is 0 Å². The zero-order valence-corrected chi connectivity index (χ0v) is 14.8. The molecule has 2 aromatic carbocycles. The second kappa shape index (κ2) is 6.87. The molecule has 0 saturated carbocycles. The van der Waals surface area contributed by atoms with Crippen LogP contribution in [0.2, 0.25) is 0 Å². The van der Waals surface area contributed by atoms with Gasteiger partial charge < -0.3 is 28.5 Å². The highest BCUT2D eigenvalue weighted by Gasteiger charge is 2.24. The number of methoxy groups -OCH3 is 4. The van der Waals surface area contributed by atoms with E-state index in [1.54, 1.807) is 31.4 Å². The van der Waals surface area contributed by atoms with Crippen molar-refractivity contribution in [3.05, 3.63) is 40.6 Å². The molecule has 0 aliphatic carbocycles. The number of fused-ring (bicyclic) bond motifs is 1. The maximum Gasteiger partial charge on any atom is 0.239 e. The number of hydrogen-bond acceptors (Lipinski definition) is 7. The Morgan fingerprint density at radius 1 is 0.885 bits per heavy atom. The van der Waals surface area contributed by atoms with Crippen LogP contribution in [0.15, 0.2) is 39.5 Å². The van der Waals surface area contributed by atoms with Gasteiger partial charge in [-0.25, -0.2) is 0 Å². The third-order valence-electron chi connectivity index (χ3n) is 4.02. The van der Waals surface area contributed by atoms with Crippen LogP contribution in [0.4, 0.5) is 0 Å². The molecule has 0 unspecified atom stereocenters. The highest BCUT2D eigenvalue weighted by atomic mass is 16.5. The SMILES string of the molecule is COc1ccc(-c2oc3cc(OC)c(O)c(OC)c3c(=O)c2OC)cc1. The van der Waals surface area contributed by atoms with E-state index in [1.165, 1.54) is 27.4 Å². The predicted molar refractivity (Wildman–Crippen MR) is 95.8 cm³/mol. The Morgan fingerprint density at radius 3 is 2.08 bits per heavy atom. The molecule has 136 valence electrons. The lowest BCUT2D eigenvalue weighted by molar-refractivity contribution is 0.341. The minimum atomic E-state index is -0.464. The van der Waals surface area contributed by atoms with E-state index < -0.39 is 5.43 Å².